The largest absolute Gasteiger partial charge is 0.506 e. The zero-order valence-electron chi connectivity index (χ0n) is 14.7. The van der Waals surface area contributed by atoms with Crippen molar-refractivity contribution in [1.82, 2.24) is 0 Å². The van der Waals surface area contributed by atoms with Crippen molar-refractivity contribution in [1.29, 1.82) is 0 Å². The number of hydrogen-bond donors (Lipinski definition) is 2. The smallest absolute Gasteiger partial charge is 0.343 e. The van der Waals surface area contributed by atoms with Crippen LogP contribution in [0.2, 0.25) is 5.02 Å². The van der Waals surface area contributed by atoms with Gasteiger partial charge in [-0.1, -0.05) is 41.4 Å². The summed E-state index contributed by atoms with van der Waals surface area (Å²) in [4.78, 5) is 16.5. The van der Waals surface area contributed by atoms with Crippen molar-refractivity contribution in [3.8, 4) is 0 Å². The van der Waals surface area contributed by atoms with E-state index in [0.29, 0.717) is 10.6 Å². The summed E-state index contributed by atoms with van der Waals surface area (Å²) in [7, 11) is 0. The van der Waals surface area contributed by atoms with Crippen molar-refractivity contribution in [2.24, 2.45) is 10.9 Å². The Labute approximate surface area is 161 Å². The maximum Gasteiger partial charge on any atom is 0.343 e. The molecule has 25 heavy (non-hydrogen) atoms. The van der Waals surface area contributed by atoms with Crippen molar-refractivity contribution in [2.75, 3.05) is 13.2 Å². The Morgan fingerprint density at radius 1 is 1.44 bits per heavy atom. The number of carbonyl (C=O) groups excluding carboxylic acids is 1. The molecule has 138 valence electrons. The number of nitrogens with zero attached hydrogens (tertiary/aromatic N) is 1. The quantitative estimate of drug-likeness (QED) is 0.291. The molecule has 0 aliphatic rings. The molecule has 0 saturated carbocycles. The van der Waals surface area contributed by atoms with E-state index in [0.717, 1.165) is 10.0 Å². The number of esters is 1. The highest BCUT2D eigenvalue weighted by atomic mass is 79.9. The summed E-state index contributed by atoms with van der Waals surface area (Å²) in [6.45, 7) is 7.33. The number of carbonyl (C=O) groups is 1. The second-order valence-electron chi connectivity index (χ2n) is 5.84. The molecule has 0 amide bonds. The number of aliphatic hydroxyl groups is 2. The van der Waals surface area contributed by atoms with Gasteiger partial charge in [-0.25, -0.2) is 4.79 Å². The van der Waals surface area contributed by atoms with Crippen LogP contribution in [-0.2, 0) is 9.53 Å². The van der Waals surface area contributed by atoms with Gasteiger partial charge in [0.05, 0.1) is 24.3 Å². The highest BCUT2D eigenvalue weighted by Crippen LogP contribution is 2.30. The van der Waals surface area contributed by atoms with Crippen molar-refractivity contribution in [3.05, 3.63) is 38.3 Å². The van der Waals surface area contributed by atoms with E-state index in [2.05, 4.69) is 20.9 Å². The number of ether oxygens (including phenoxy) is 1. The predicted octanol–water partition coefficient (Wildman–Crippen LogP) is 4.33. The van der Waals surface area contributed by atoms with Crippen LogP contribution in [0.3, 0.4) is 0 Å². The molecule has 1 rings (SSSR count). The lowest BCUT2D eigenvalue weighted by atomic mass is 10.1. The molecule has 0 radical (unpaired) electrons. The fourth-order valence-corrected chi connectivity index (χ4v) is 2.64. The van der Waals surface area contributed by atoms with Gasteiger partial charge < -0.3 is 14.9 Å². The van der Waals surface area contributed by atoms with Crippen LogP contribution in [0.15, 0.2) is 27.2 Å². The lowest BCUT2D eigenvalue weighted by Gasteiger charge is -2.14. The lowest BCUT2D eigenvalue weighted by molar-refractivity contribution is -0.137. The fraction of sp³-hybridized carbons (Fsp3) is 0.444. The van der Waals surface area contributed by atoms with Gasteiger partial charge in [-0.15, -0.1) is 0 Å². The molecule has 0 aliphatic carbocycles. The number of aliphatic imine (C=N–C) groups is 1. The Morgan fingerprint density at radius 2 is 2.08 bits per heavy atom. The van der Waals surface area contributed by atoms with Gasteiger partial charge in [0.25, 0.3) is 0 Å². The van der Waals surface area contributed by atoms with Crippen LogP contribution >= 0.6 is 27.5 Å². The Hall–Kier alpha value is -1.37. The first kappa shape index (κ1) is 21.7. The summed E-state index contributed by atoms with van der Waals surface area (Å²) in [5.41, 5.74) is 1.07. The number of halogens is 2. The van der Waals surface area contributed by atoms with Crippen LogP contribution in [0.1, 0.15) is 31.9 Å². The molecular formula is C18H23BrClNO4. The second-order valence-corrected chi connectivity index (χ2v) is 7.10. The predicted molar refractivity (Wildman–Crippen MR) is 104 cm³/mol. The van der Waals surface area contributed by atoms with Gasteiger partial charge in [0.1, 0.15) is 11.3 Å². The van der Waals surface area contributed by atoms with Gasteiger partial charge in [-0.05, 0) is 37.5 Å². The van der Waals surface area contributed by atoms with Crippen LogP contribution in [-0.4, -0.2) is 41.7 Å². The molecule has 0 heterocycles. The molecule has 7 heteroatoms. The van der Waals surface area contributed by atoms with Gasteiger partial charge in [-0.3, -0.25) is 4.99 Å². The van der Waals surface area contributed by atoms with E-state index in [4.69, 9.17) is 16.3 Å². The number of aryl methyl sites for hydroxylation is 1. The Kier molecular flexibility index (Phi) is 8.62. The van der Waals surface area contributed by atoms with E-state index in [-0.39, 0.29) is 30.5 Å². The summed E-state index contributed by atoms with van der Waals surface area (Å²) in [5, 5.41) is 20.3. The Morgan fingerprint density at radius 3 is 2.60 bits per heavy atom. The second kappa shape index (κ2) is 9.94. The van der Waals surface area contributed by atoms with E-state index in [1.807, 2.05) is 20.8 Å². The molecular weight excluding hydrogens is 410 g/mol. The van der Waals surface area contributed by atoms with Crippen LogP contribution in [0.4, 0.5) is 0 Å². The van der Waals surface area contributed by atoms with Crippen molar-refractivity contribution < 1.29 is 19.7 Å². The van der Waals surface area contributed by atoms with Crippen molar-refractivity contribution in [3.63, 3.8) is 0 Å². The summed E-state index contributed by atoms with van der Waals surface area (Å²) in [6.07, 6.45) is 1.23. The molecule has 1 aromatic carbocycles. The molecule has 0 spiro atoms. The Bertz CT molecular complexity index is 686. The minimum absolute atomic E-state index is 0.0731. The van der Waals surface area contributed by atoms with Gasteiger partial charge in [0.2, 0.25) is 0 Å². The van der Waals surface area contributed by atoms with E-state index in [1.54, 1.807) is 19.1 Å². The van der Waals surface area contributed by atoms with E-state index in [1.165, 1.54) is 6.21 Å². The Balaban J connectivity index is 3.44. The van der Waals surface area contributed by atoms with Gasteiger partial charge in [-0.2, -0.15) is 0 Å². The first-order valence-electron chi connectivity index (χ1n) is 7.93. The maximum absolute atomic E-state index is 12.2. The summed E-state index contributed by atoms with van der Waals surface area (Å²) < 4.78 is 5.75. The number of hydrogen-bond acceptors (Lipinski definition) is 5. The minimum atomic E-state index is -0.711. The van der Waals surface area contributed by atoms with E-state index >= 15 is 0 Å². The molecule has 0 aromatic heterocycles. The third-order valence-corrected chi connectivity index (χ3v) is 4.77. The third kappa shape index (κ3) is 5.83. The summed E-state index contributed by atoms with van der Waals surface area (Å²) in [5.74, 6) is -0.964. The van der Waals surface area contributed by atoms with Gasteiger partial charge in [0.15, 0.2) is 0 Å². The van der Waals surface area contributed by atoms with Crippen LogP contribution in [0.5, 0.6) is 0 Å². The zero-order chi connectivity index (χ0) is 19.1. The number of benzene rings is 1. The summed E-state index contributed by atoms with van der Waals surface area (Å²) >= 11 is 9.59. The van der Waals surface area contributed by atoms with Crippen LogP contribution in [0, 0.1) is 12.8 Å². The van der Waals surface area contributed by atoms with Crippen LogP contribution in [0.25, 0.3) is 5.76 Å². The molecule has 0 fully saturated rings. The average molecular weight is 433 g/mol. The first-order chi connectivity index (χ1) is 11.7. The highest BCUT2D eigenvalue weighted by molar-refractivity contribution is 9.10. The fourth-order valence-electron chi connectivity index (χ4n) is 1.99. The van der Waals surface area contributed by atoms with E-state index in [9.17, 15) is 15.0 Å². The van der Waals surface area contributed by atoms with Crippen molar-refractivity contribution >= 4 is 45.5 Å². The molecule has 0 bridgehead atoms. The third-order valence-electron chi connectivity index (χ3n) is 3.61. The standard InChI is InChI=1S/C18H23BrClNO4/c1-5-25-18(24)13(8-21-16(9-22)10(2)3)17(23)12-7-14(19)11(4)6-15(12)20/h6-8,10,16,22-23H,5,9H2,1-4H3/t16-/m1/s1. The number of rotatable bonds is 7. The molecule has 5 nitrogen and oxygen atoms in total. The molecule has 1 atom stereocenters. The lowest BCUT2D eigenvalue weighted by Crippen LogP contribution is -2.19. The topological polar surface area (TPSA) is 79.1 Å². The average Bonchev–Trinajstić information content (AvgIpc) is 2.54. The van der Waals surface area contributed by atoms with Gasteiger partial charge in [0, 0.05) is 16.3 Å². The highest BCUT2D eigenvalue weighted by Gasteiger charge is 2.20. The van der Waals surface area contributed by atoms with Crippen molar-refractivity contribution in [2.45, 2.75) is 33.7 Å². The molecule has 1 aromatic rings. The molecule has 0 saturated heterocycles. The minimum Gasteiger partial charge on any atom is -0.506 e. The molecule has 2 N–H and O–H groups in total. The normalized spacial score (nSPS) is 13.9. The van der Waals surface area contributed by atoms with E-state index < -0.39 is 12.0 Å². The SMILES string of the molecule is CCOC(=O)C(C=N[C@H](CO)C(C)C)=C(O)c1cc(Br)c(C)cc1Cl. The first-order valence-corrected chi connectivity index (χ1v) is 9.10. The number of aliphatic hydroxyl groups excluding tert-OH is 2. The monoisotopic (exact) mass is 431 g/mol. The zero-order valence-corrected chi connectivity index (χ0v) is 17.1. The summed E-state index contributed by atoms with van der Waals surface area (Å²) in [6, 6.07) is 2.92. The molecule has 0 unspecified atom stereocenters. The maximum atomic E-state index is 12.2. The molecule has 0 aliphatic heterocycles. The van der Waals surface area contributed by atoms with Crippen LogP contribution < -0.4 is 0 Å². The van der Waals surface area contributed by atoms with Gasteiger partial charge >= 0.3 is 5.97 Å².